The van der Waals surface area contributed by atoms with Crippen molar-refractivity contribution in [3.8, 4) is 0 Å². The van der Waals surface area contributed by atoms with Gasteiger partial charge in [0.25, 0.3) is 5.91 Å². The molecular formula is C20H27ClN2O7S. The molecule has 1 N–H and O–H groups in total. The maximum Gasteiger partial charge on any atom is 0.340 e. The quantitative estimate of drug-likeness (QED) is 0.407. The zero-order chi connectivity index (χ0) is 22.9. The van der Waals surface area contributed by atoms with E-state index in [2.05, 4.69) is 5.32 Å². The summed E-state index contributed by atoms with van der Waals surface area (Å²) in [5.74, 6) is -1.80. The number of nitrogens with zero attached hydrogens (tertiary/aromatic N) is 1. The predicted octanol–water partition coefficient (Wildman–Crippen LogP) is 2.13. The van der Waals surface area contributed by atoms with E-state index in [0.29, 0.717) is 26.1 Å². The highest BCUT2D eigenvalue weighted by Gasteiger charge is 2.27. The highest BCUT2D eigenvalue weighted by Crippen LogP contribution is 2.25. The first-order chi connectivity index (χ1) is 14.8. The number of hydrogen-bond donors (Lipinski definition) is 1. The molecule has 1 aromatic rings. The van der Waals surface area contributed by atoms with E-state index >= 15 is 0 Å². The summed E-state index contributed by atoms with van der Waals surface area (Å²) >= 11 is 6.05. The molecule has 1 saturated heterocycles. The topological polar surface area (TPSA) is 119 Å². The molecule has 2 rings (SSSR count). The van der Waals surface area contributed by atoms with Gasteiger partial charge in [-0.25, -0.2) is 13.2 Å². The van der Waals surface area contributed by atoms with E-state index in [-0.39, 0.29) is 34.4 Å². The third kappa shape index (κ3) is 7.48. The average Bonchev–Trinajstić information content (AvgIpc) is 2.76. The monoisotopic (exact) mass is 474 g/mol. The second-order valence-electron chi connectivity index (χ2n) is 6.94. The van der Waals surface area contributed by atoms with E-state index in [1.807, 2.05) is 0 Å². The molecule has 0 saturated carbocycles. The highest BCUT2D eigenvalue weighted by atomic mass is 35.5. The van der Waals surface area contributed by atoms with Gasteiger partial charge in [-0.2, -0.15) is 4.31 Å². The minimum Gasteiger partial charge on any atom is -0.466 e. The van der Waals surface area contributed by atoms with Crippen molar-refractivity contribution in [3.05, 3.63) is 28.8 Å². The molecule has 1 amide bonds. The van der Waals surface area contributed by atoms with Crippen molar-refractivity contribution in [3.63, 3.8) is 0 Å². The van der Waals surface area contributed by atoms with Crippen molar-refractivity contribution in [1.29, 1.82) is 0 Å². The summed E-state index contributed by atoms with van der Waals surface area (Å²) in [6.07, 6.45) is 3.12. The lowest BCUT2D eigenvalue weighted by molar-refractivity contribution is -0.143. The van der Waals surface area contributed by atoms with E-state index in [1.165, 1.54) is 22.5 Å². The number of piperidine rings is 1. The Morgan fingerprint density at radius 3 is 2.52 bits per heavy atom. The summed E-state index contributed by atoms with van der Waals surface area (Å²) in [5, 5.41) is 2.55. The number of carbonyl (C=O) groups excluding carboxylic acids is 3. The number of benzene rings is 1. The number of hydrogen-bond acceptors (Lipinski definition) is 7. The van der Waals surface area contributed by atoms with Crippen LogP contribution in [0.3, 0.4) is 0 Å². The van der Waals surface area contributed by atoms with Gasteiger partial charge in [-0.3, -0.25) is 9.59 Å². The van der Waals surface area contributed by atoms with Crippen LogP contribution in [0.4, 0.5) is 0 Å². The first-order valence-corrected chi connectivity index (χ1v) is 12.0. The Balaban J connectivity index is 1.91. The van der Waals surface area contributed by atoms with Crippen LogP contribution in [0.15, 0.2) is 23.1 Å². The van der Waals surface area contributed by atoms with Crippen molar-refractivity contribution in [1.82, 2.24) is 9.62 Å². The smallest absolute Gasteiger partial charge is 0.340 e. The molecule has 9 nitrogen and oxygen atoms in total. The molecule has 1 heterocycles. The van der Waals surface area contributed by atoms with E-state index in [9.17, 15) is 22.8 Å². The van der Waals surface area contributed by atoms with Crippen LogP contribution < -0.4 is 5.32 Å². The van der Waals surface area contributed by atoms with Crippen LogP contribution in [0.25, 0.3) is 0 Å². The van der Waals surface area contributed by atoms with E-state index in [1.54, 1.807) is 6.92 Å². The normalized spacial score (nSPS) is 14.6. The number of carbonyl (C=O) groups is 3. The zero-order valence-corrected chi connectivity index (χ0v) is 19.0. The van der Waals surface area contributed by atoms with Crippen LogP contribution in [-0.4, -0.2) is 63.4 Å². The number of rotatable bonds is 10. The Labute approximate surface area is 187 Å². The molecule has 0 atom stereocenters. The van der Waals surface area contributed by atoms with Gasteiger partial charge in [0, 0.05) is 26.1 Å². The molecule has 1 aromatic carbocycles. The Bertz CT molecular complexity index is 899. The Morgan fingerprint density at radius 2 is 1.84 bits per heavy atom. The minimum absolute atomic E-state index is 0.0254. The van der Waals surface area contributed by atoms with Gasteiger partial charge in [-0.1, -0.05) is 18.0 Å². The molecule has 172 valence electrons. The standard InChI is InChI=1S/C20H27ClN2O7S/c1-2-29-19(25)7-6-10-22-18(24)14-30-20(26)16-13-15(8-9-17(16)21)31(27,28)23-11-4-3-5-12-23/h8-9,13H,2-7,10-12,14H2,1H3,(H,22,24). The lowest BCUT2D eigenvalue weighted by atomic mass is 10.2. The third-order valence-corrected chi connectivity index (χ3v) is 6.85. The van der Waals surface area contributed by atoms with Gasteiger partial charge in [0.15, 0.2) is 6.61 Å². The number of amides is 1. The number of nitrogens with one attached hydrogen (secondary N) is 1. The predicted molar refractivity (Wildman–Crippen MR) is 113 cm³/mol. The van der Waals surface area contributed by atoms with Gasteiger partial charge in [-0.15, -0.1) is 0 Å². The SMILES string of the molecule is CCOC(=O)CCCNC(=O)COC(=O)c1cc(S(=O)(=O)N2CCCCC2)ccc1Cl. The largest absolute Gasteiger partial charge is 0.466 e. The molecule has 0 spiro atoms. The Hall–Kier alpha value is -2.17. The fraction of sp³-hybridized carbons (Fsp3) is 0.550. The number of sulfonamides is 1. The van der Waals surface area contributed by atoms with Crippen molar-refractivity contribution in [2.24, 2.45) is 0 Å². The molecule has 0 radical (unpaired) electrons. The lowest BCUT2D eigenvalue weighted by Crippen LogP contribution is -2.35. The van der Waals surface area contributed by atoms with Crippen LogP contribution in [0.2, 0.25) is 5.02 Å². The van der Waals surface area contributed by atoms with Gasteiger partial charge < -0.3 is 14.8 Å². The average molecular weight is 475 g/mol. The third-order valence-electron chi connectivity index (χ3n) is 4.63. The van der Waals surface area contributed by atoms with Crippen LogP contribution in [-0.2, 0) is 29.1 Å². The summed E-state index contributed by atoms with van der Waals surface area (Å²) in [4.78, 5) is 35.4. The number of halogens is 1. The summed E-state index contributed by atoms with van der Waals surface area (Å²) in [6, 6.07) is 3.84. The van der Waals surface area contributed by atoms with Crippen molar-refractivity contribution >= 4 is 39.5 Å². The molecule has 11 heteroatoms. The number of esters is 2. The fourth-order valence-electron chi connectivity index (χ4n) is 3.03. The van der Waals surface area contributed by atoms with Gasteiger partial charge in [0.2, 0.25) is 10.0 Å². The van der Waals surface area contributed by atoms with Gasteiger partial charge >= 0.3 is 11.9 Å². The van der Waals surface area contributed by atoms with Gasteiger partial charge in [-0.05, 0) is 44.4 Å². The summed E-state index contributed by atoms with van der Waals surface area (Å²) < 4.78 is 36.8. The van der Waals surface area contributed by atoms with Crippen LogP contribution in [0.1, 0.15) is 49.4 Å². The molecule has 0 aromatic heterocycles. The summed E-state index contributed by atoms with van der Waals surface area (Å²) in [7, 11) is -3.74. The van der Waals surface area contributed by atoms with E-state index in [4.69, 9.17) is 21.1 Å². The van der Waals surface area contributed by atoms with E-state index < -0.39 is 28.5 Å². The summed E-state index contributed by atoms with van der Waals surface area (Å²) in [5.41, 5.74) is -0.130. The van der Waals surface area contributed by atoms with Crippen molar-refractivity contribution in [2.75, 3.05) is 32.8 Å². The minimum atomic E-state index is -3.74. The Kier molecular flexibility index (Phi) is 9.73. The maximum atomic E-state index is 12.8. The second-order valence-corrected chi connectivity index (χ2v) is 9.29. The molecule has 31 heavy (non-hydrogen) atoms. The summed E-state index contributed by atoms with van der Waals surface area (Å²) in [6.45, 7) is 2.53. The molecule has 0 aliphatic carbocycles. The lowest BCUT2D eigenvalue weighted by Gasteiger charge is -2.26. The molecule has 0 unspecified atom stereocenters. The van der Waals surface area contributed by atoms with Crippen LogP contribution in [0.5, 0.6) is 0 Å². The van der Waals surface area contributed by atoms with Gasteiger partial charge in [0.05, 0.1) is 22.1 Å². The van der Waals surface area contributed by atoms with E-state index in [0.717, 1.165) is 19.3 Å². The number of ether oxygens (including phenoxy) is 2. The molecule has 1 aliphatic rings. The first-order valence-electron chi connectivity index (χ1n) is 10.1. The van der Waals surface area contributed by atoms with Gasteiger partial charge in [0.1, 0.15) is 0 Å². The Morgan fingerprint density at radius 1 is 1.13 bits per heavy atom. The second kappa shape index (κ2) is 12.0. The fourth-order valence-corrected chi connectivity index (χ4v) is 4.77. The van der Waals surface area contributed by atoms with Crippen molar-refractivity contribution in [2.45, 2.75) is 43.9 Å². The van der Waals surface area contributed by atoms with Crippen molar-refractivity contribution < 1.29 is 32.3 Å². The molecule has 1 fully saturated rings. The first kappa shape index (κ1) is 25.1. The molecule has 0 bridgehead atoms. The zero-order valence-electron chi connectivity index (χ0n) is 17.4. The molecular weight excluding hydrogens is 448 g/mol. The maximum absolute atomic E-state index is 12.8. The highest BCUT2D eigenvalue weighted by molar-refractivity contribution is 7.89. The molecule has 1 aliphatic heterocycles. The van der Waals surface area contributed by atoms with Crippen LogP contribution >= 0.6 is 11.6 Å². The van der Waals surface area contributed by atoms with Crippen LogP contribution in [0, 0.1) is 0 Å².